The van der Waals surface area contributed by atoms with Gasteiger partial charge in [0.2, 0.25) is 11.7 Å². The molecule has 0 radical (unpaired) electrons. The summed E-state index contributed by atoms with van der Waals surface area (Å²) in [5.41, 5.74) is 1.11. The van der Waals surface area contributed by atoms with Gasteiger partial charge < -0.3 is 13.8 Å². The molecule has 6 nitrogen and oxygen atoms in total. The van der Waals surface area contributed by atoms with E-state index in [4.69, 9.17) is 16.0 Å². The van der Waals surface area contributed by atoms with Gasteiger partial charge in [-0.3, -0.25) is 4.79 Å². The number of hydrogen-bond acceptors (Lipinski definition) is 5. The maximum absolute atomic E-state index is 12.5. The Bertz CT molecular complexity index is 892. The van der Waals surface area contributed by atoms with Gasteiger partial charge in [0.1, 0.15) is 11.6 Å². The summed E-state index contributed by atoms with van der Waals surface area (Å²) in [7, 11) is 0. The number of aromatic nitrogens is 2. The van der Waals surface area contributed by atoms with Crippen LogP contribution in [0.25, 0.3) is 11.4 Å². The topological polar surface area (TPSA) is 72.4 Å². The minimum Gasteiger partial charge on any atom is -0.467 e. The van der Waals surface area contributed by atoms with Crippen molar-refractivity contribution in [3.8, 4) is 11.4 Å². The second-order valence-corrected chi connectivity index (χ2v) is 5.85. The third-order valence-corrected chi connectivity index (χ3v) is 3.88. The lowest BCUT2D eigenvalue weighted by Gasteiger charge is -2.21. The lowest BCUT2D eigenvalue weighted by atomic mass is 10.1. The third kappa shape index (κ3) is 4.68. The van der Waals surface area contributed by atoms with E-state index in [0.29, 0.717) is 11.3 Å². The molecule has 2 aromatic heterocycles. The summed E-state index contributed by atoms with van der Waals surface area (Å²) in [6, 6.07) is 9.89. The molecule has 0 saturated carbocycles. The molecule has 1 aromatic carbocycles. The Balaban J connectivity index is 1.73. The van der Waals surface area contributed by atoms with Gasteiger partial charge in [0.15, 0.2) is 0 Å². The number of carbonyl (C=O) groups excluding carboxylic acids is 1. The van der Waals surface area contributed by atoms with Gasteiger partial charge >= 0.3 is 12.1 Å². The Morgan fingerprint density at radius 3 is 2.44 bits per heavy atom. The first-order chi connectivity index (χ1) is 12.9. The molecular weight excluding hydrogens is 387 g/mol. The molecule has 0 bridgehead atoms. The molecule has 142 valence electrons. The van der Waals surface area contributed by atoms with E-state index in [1.807, 2.05) is 0 Å². The highest BCUT2D eigenvalue weighted by atomic mass is 35.5. The van der Waals surface area contributed by atoms with Crippen LogP contribution in [0.1, 0.15) is 17.2 Å². The molecule has 1 amide bonds. The molecule has 0 aliphatic carbocycles. The van der Waals surface area contributed by atoms with E-state index in [0.717, 1.165) is 5.56 Å². The second kappa shape index (κ2) is 7.83. The lowest BCUT2D eigenvalue weighted by molar-refractivity contribution is -0.159. The Hall–Kier alpha value is -2.81. The number of amides is 1. The molecule has 10 heteroatoms. The average Bonchev–Trinajstić information content (AvgIpc) is 3.32. The first kappa shape index (κ1) is 19.0. The Morgan fingerprint density at radius 2 is 1.89 bits per heavy atom. The Kier molecular flexibility index (Phi) is 5.50. The van der Waals surface area contributed by atoms with Crippen LogP contribution in [0.3, 0.4) is 0 Å². The number of benzene rings is 1. The van der Waals surface area contributed by atoms with Gasteiger partial charge in [-0.1, -0.05) is 29.4 Å². The number of rotatable bonds is 6. The highest BCUT2D eigenvalue weighted by molar-refractivity contribution is 6.27. The predicted molar refractivity (Wildman–Crippen MR) is 88.4 cm³/mol. The van der Waals surface area contributed by atoms with E-state index in [1.54, 1.807) is 36.4 Å². The quantitative estimate of drug-likeness (QED) is 0.583. The van der Waals surface area contributed by atoms with Gasteiger partial charge in [-0.2, -0.15) is 18.2 Å². The minimum absolute atomic E-state index is 0.168. The second-order valence-electron chi connectivity index (χ2n) is 5.58. The van der Waals surface area contributed by atoms with E-state index in [9.17, 15) is 18.0 Å². The normalized spacial score (nSPS) is 11.6. The Labute approximate surface area is 156 Å². The highest BCUT2D eigenvalue weighted by Crippen LogP contribution is 2.29. The molecule has 2 heterocycles. The van der Waals surface area contributed by atoms with Crippen molar-refractivity contribution in [3.63, 3.8) is 0 Å². The van der Waals surface area contributed by atoms with Crippen LogP contribution in [0.5, 0.6) is 0 Å². The van der Waals surface area contributed by atoms with Gasteiger partial charge in [-0.25, -0.2) is 0 Å². The molecule has 0 saturated heterocycles. The fourth-order valence-electron chi connectivity index (χ4n) is 2.34. The first-order valence-electron chi connectivity index (χ1n) is 7.73. The van der Waals surface area contributed by atoms with E-state index >= 15 is 0 Å². The fraction of sp³-hybridized carbons (Fsp3) is 0.235. The standard InChI is InChI=1S/C17H13ClF3N3O3/c18-8-14(25)24(10-13-2-1-7-26-13)9-11-3-5-12(6-4-11)15-22-16(27-23-15)17(19,20)21/h1-7H,8-10H2. The van der Waals surface area contributed by atoms with Crippen molar-refractivity contribution in [2.24, 2.45) is 0 Å². The van der Waals surface area contributed by atoms with Crippen molar-refractivity contribution in [3.05, 3.63) is 59.9 Å². The summed E-state index contributed by atoms with van der Waals surface area (Å²) < 4.78 is 47.1. The largest absolute Gasteiger partial charge is 0.471 e. The molecule has 3 rings (SSSR count). The monoisotopic (exact) mass is 399 g/mol. The van der Waals surface area contributed by atoms with Crippen molar-refractivity contribution in [1.82, 2.24) is 15.0 Å². The zero-order valence-corrected chi connectivity index (χ0v) is 14.5. The van der Waals surface area contributed by atoms with Gasteiger partial charge in [-0.15, -0.1) is 11.6 Å². The summed E-state index contributed by atoms with van der Waals surface area (Å²) in [5, 5.41) is 3.33. The zero-order chi connectivity index (χ0) is 19.4. The van der Waals surface area contributed by atoms with Crippen LogP contribution in [-0.4, -0.2) is 26.8 Å². The summed E-state index contributed by atoms with van der Waals surface area (Å²) in [6.07, 6.45) is -3.19. The molecule has 0 spiro atoms. The molecule has 0 fully saturated rings. The van der Waals surface area contributed by atoms with Crippen LogP contribution in [0.15, 0.2) is 51.6 Å². The molecule has 0 aliphatic rings. The first-order valence-corrected chi connectivity index (χ1v) is 8.26. The third-order valence-electron chi connectivity index (χ3n) is 3.65. The molecule has 0 N–H and O–H groups in total. The van der Waals surface area contributed by atoms with Crippen molar-refractivity contribution >= 4 is 17.5 Å². The van der Waals surface area contributed by atoms with Crippen molar-refractivity contribution in [2.75, 3.05) is 5.88 Å². The van der Waals surface area contributed by atoms with Crippen LogP contribution in [0.4, 0.5) is 13.2 Å². The molecule has 0 aliphatic heterocycles. The smallest absolute Gasteiger partial charge is 0.467 e. The number of nitrogens with zero attached hydrogens (tertiary/aromatic N) is 3. The molecular formula is C17H13ClF3N3O3. The van der Waals surface area contributed by atoms with Gasteiger partial charge in [-0.05, 0) is 17.7 Å². The van der Waals surface area contributed by atoms with Crippen LogP contribution < -0.4 is 0 Å². The number of halogens is 4. The van der Waals surface area contributed by atoms with Crippen LogP contribution in [0.2, 0.25) is 0 Å². The van der Waals surface area contributed by atoms with Crippen molar-refractivity contribution in [2.45, 2.75) is 19.3 Å². The maximum Gasteiger partial charge on any atom is 0.471 e. The zero-order valence-electron chi connectivity index (χ0n) is 13.7. The van der Waals surface area contributed by atoms with Gasteiger partial charge in [0.05, 0.1) is 12.8 Å². The van der Waals surface area contributed by atoms with E-state index < -0.39 is 12.1 Å². The maximum atomic E-state index is 12.5. The van der Waals surface area contributed by atoms with Crippen LogP contribution in [0, 0.1) is 0 Å². The molecule has 3 aromatic rings. The predicted octanol–water partition coefficient (Wildman–Crippen LogP) is 4.12. The van der Waals surface area contributed by atoms with Crippen molar-refractivity contribution in [1.29, 1.82) is 0 Å². The summed E-state index contributed by atoms with van der Waals surface area (Å²) in [5.74, 6) is -1.42. The van der Waals surface area contributed by atoms with Crippen LogP contribution >= 0.6 is 11.6 Å². The van der Waals surface area contributed by atoms with Crippen molar-refractivity contribution < 1.29 is 26.9 Å². The molecule has 0 unspecified atom stereocenters. The fourth-order valence-corrected chi connectivity index (χ4v) is 2.51. The highest BCUT2D eigenvalue weighted by Gasteiger charge is 2.38. The van der Waals surface area contributed by atoms with E-state index in [1.165, 1.54) is 11.2 Å². The summed E-state index contributed by atoms with van der Waals surface area (Å²) in [6.45, 7) is 0.507. The number of hydrogen-bond donors (Lipinski definition) is 0. The average molecular weight is 400 g/mol. The molecule has 27 heavy (non-hydrogen) atoms. The van der Waals surface area contributed by atoms with E-state index in [2.05, 4.69) is 14.7 Å². The minimum atomic E-state index is -4.69. The molecule has 0 atom stereocenters. The SMILES string of the molecule is O=C(CCl)N(Cc1ccc(-c2noc(C(F)(F)F)n2)cc1)Cc1ccco1. The number of carbonyl (C=O) groups is 1. The summed E-state index contributed by atoms with van der Waals surface area (Å²) >= 11 is 5.66. The number of alkyl halides is 4. The van der Waals surface area contributed by atoms with Crippen LogP contribution in [-0.2, 0) is 24.1 Å². The van der Waals surface area contributed by atoms with Gasteiger partial charge in [0.25, 0.3) is 0 Å². The summed E-state index contributed by atoms with van der Waals surface area (Å²) in [4.78, 5) is 16.9. The lowest BCUT2D eigenvalue weighted by Crippen LogP contribution is -2.30. The van der Waals surface area contributed by atoms with E-state index in [-0.39, 0.29) is 30.7 Å². The Morgan fingerprint density at radius 1 is 1.15 bits per heavy atom. The van der Waals surface area contributed by atoms with Gasteiger partial charge in [0, 0.05) is 12.1 Å². The number of furan rings is 1.